The molecule has 1 aromatic heterocycles. The van der Waals surface area contributed by atoms with Gasteiger partial charge in [-0.3, -0.25) is 9.78 Å². The Morgan fingerprint density at radius 2 is 2.14 bits per heavy atom. The van der Waals surface area contributed by atoms with E-state index in [-0.39, 0.29) is 5.41 Å². The van der Waals surface area contributed by atoms with Crippen LogP contribution in [0.5, 0.6) is 0 Å². The van der Waals surface area contributed by atoms with Gasteiger partial charge in [-0.2, -0.15) is 13.2 Å². The number of carbonyl (C=O) groups excluding carboxylic acids is 1. The van der Waals surface area contributed by atoms with Crippen molar-refractivity contribution in [1.29, 1.82) is 0 Å². The number of alkyl halides is 3. The van der Waals surface area contributed by atoms with E-state index in [1.54, 1.807) is 4.90 Å². The summed E-state index contributed by atoms with van der Waals surface area (Å²) in [5.41, 5.74) is 0.289. The van der Waals surface area contributed by atoms with Gasteiger partial charge in [-0.1, -0.05) is 6.07 Å². The smallest absolute Gasteiger partial charge is 0.344 e. The molecule has 2 aliphatic rings. The Morgan fingerprint density at radius 3 is 2.71 bits per heavy atom. The molecule has 21 heavy (non-hydrogen) atoms. The summed E-state index contributed by atoms with van der Waals surface area (Å²) >= 11 is 0. The van der Waals surface area contributed by atoms with Gasteiger partial charge in [0.25, 0.3) is 0 Å². The Bertz CT molecular complexity index is 521. The average molecular weight is 298 g/mol. The number of amides is 1. The van der Waals surface area contributed by atoms with Crippen molar-refractivity contribution in [3.63, 3.8) is 0 Å². The molecule has 1 saturated carbocycles. The van der Waals surface area contributed by atoms with E-state index in [4.69, 9.17) is 0 Å². The van der Waals surface area contributed by atoms with Gasteiger partial charge in [0.15, 0.2) is 0 Å². The molecule has 0 bridgehead atoms. The van der Waals surface area contributed by atoms with Crippen LogP contribution in [0.25, 0.3) is 0 Å². The number of rotatable bonds is 3. The Labute approximate surface area is 121 Å². The number of carbonyl (C=O) groups is 1. The summed E-state index contributed by atoms with van der Waals surface area (Å²) < 4.78 is 37.4. The van der Waals surface area contributed by atoms with Gasteiger partial charge < -0.3 is 4.90 Å². The van der Waals surface area contributed by atoms with Gasteiger partial charge in [0, 0.05) is 24.7 Å². The van der Waals surface area contributed by atoms with Crippen LogP contribution in [0.1, 0.15) is 30.5 Å². The van der Waals surface area contributed by atoms with E-state index in [9.17, 15) is 18.0 Å². The van der Waals surface area contributed by atoms with Crippen LogP contribution >= 0.6 is 0 Å². The predicted octanol–water partition coefficient (Wildman–Crippen LogP) is 2.90. The lowest BCUT2D eigenvalue weighted by Crippen LogP contribution is -2.54. The Hall–Kier alpha value is -1.59. The first-order valence-electron chi connectivity index (χ1n) is 7.12. The minimum atomic E-state index is -4.37. The first-order valence-corrected chi connectivity index (χ1v) is 7.12. The minimum absolute atomic E-state index is 0.269. The predicted molar refractivity (Wildman–Crippen MR) is 70.4 cm³/mol. The zero-order valence-corrected chi connectivity index (χ0v) is 11.6. The molecule has 1 aliphatic heterocycles. The molecular weight excluding hydrogens is 281 g/mol. The maximum atomic E-state index is 12.5. The van der Waals surface area contributed by atoms with E-state index < -0.39 is 11.9 Å². The summed E-state index contributed by atoms with van der Waals surface area (Å²) in [5, 5.41) is 0. The van der Waals surface area contributed by atoms with Gasteiger partial charge in [-0.25, -0.2) is 0 Å². The van der Waals surface area contributed by atoms with Crippen LogP contribution in [0.2, 0.25) is 0 Å². The second-order valence-electron chi connectivity index (χ2n) is 6.37. The zero-order chi connectivity index (χ0) is 15.1. The number of halogens is 3. The zero-order valence-electron chi connectivity index (χ0n) is 11.6. The number of pyridine rings is 1. The van der Waals surface area contributed by atoms with E-state index in [1.165, 1.54) is 12.3 Å². The van der Waals surface area contributed by atoms with Crippen molar-refractivity contribution in [1.82, 2.24) is 9.88 Å². The first-order chi connectivity index (χ1) is 9.90. The molecule has 0 N–H and O–H groups in total. The lowest BCUT2D eigenvalue weighted by atomic mass is 9.77. The van der Waals surface area contributed by atoms with Crippen molar-refractivity contribution in [2.45, 2.75) is 31.9 Å². The van der Waals surface area contributed by atoms with Gasteiger partial charge in [0.05, 0.1) is 0 Å². The molecule has 3 nitrogen and oxygen atoms in total. The standard InChI is InChI=1S/C15H17F3N2O/c16-15(17,18)13-2-1-12(7-19-13)5-11-3-4-14(6-11)8-20(9-14)10-21/h1-2,7,10-11H,3-6,8-9H2. The molecule has 6 heteroatoms. The molecule has 2 fully saturated rings. The Balaban J connectivity index is 1.57. The second-order valence-corrected chi connectivity index (χ2v) is 6.37. The van der Waals surface area contributed by atoms with Crippen LogP contribution in [0, 0.1) is 11.3 Å². The summed E-state index contributed by atoms with van der Waals surface area (Å²) in [7, 11) is 0. The van der Waals surface area contributed by atoms with Crippen LogP contribution in [0.4, 0.5) is 13.2 Å². The number of likely N-dealkylation sites (tertiary alicyclic amines) is 1. The summed E-state index contributed by atoms with van der Waals surface area (Å²) in [5.74, 6) is 0.484. The Morgan fingerprint density at radius 1 is 1.38 bits per heavy atom. The number of hydrogen-bond acceptors (Lipinski definition) is 2. The SMILES string of the molecule is O=CN1CC2(CCC(Cc3ccc(C(F)(F)F)nc3)C2)C1. The third-order valence-corrected chi connectivity index (χ3v) is 4.67. The maximum Gasteiger partial charge on any atom is 0.433 e. The van der Waals surface area contributed by atoms with E-state index in [2.05, 4.69) is 4.98 Å². The summed E-state index contributed by atoms with van der Waals surface area (Å²) in [6.45, 7) is 1.66. The average Bonchev–Trinajstić information content (AvgIpc) is 2.80. The van der Waals surface area contributed by atoms with E-state index in [0.717, 1.165) is 56.8 Å². The highest BCUT2D eigenvalue weighted by Crippen LogP contribution is 2.48. The van der Waals surface area contributed by atoms with E-state index in [1.807, 2.05) is 0 Å². The molecule has 1 unspecified atom stereocenters. The quantitative estimate of drug-likeness (QED) is 0.804. The molecule has 114 valence electrons. The van der Waals surface area contributed by atoms with Gasteiger partial charge in [-0.05, 0) is 43.2 Å². The lowest BCUT2D eigenvalue weighted by molar-refractivity contribution is -0.141. The lowest BCUT2D eigenvalue weighted by Gasteiger charge is -2.46. The van der Waals surface area contributed by atoms with Gasteiger partial charge in [0.2, 0.25) is 6.41 Å². The normalized spacial score (nSPS) is 24.1. The minimum Gasteiger partial charge on any atom is -0.344 e. The fourth-order valence-electron chi connectivity index (χ4n) is 3.72. The molecule has 1 aromatic rings. The van der Waals surface area contributed by atoms with Crippen molar-refractivity contribution in [3.05, 3.63) is 29.6 Å². The summed E-state index contributed by atoms with van der Waals surface area (Å²) in [6, 6.07) is 2.58. The van der Waals surface area contributed by atoms with Crippen molar-refractivity contribution in [3.8, 4) is 0 Å². The molecule has 3 rings (SSSR count). The molecule has 1 amide bonds. The van der Waals surface area contributed by atoms with Crippen LogP contribution in [-0.4, -0.2) is 29.4 Å². The van der Waals surface area contributed by atoms with Crippen molar-refractivity contribution in [2.24, 2.45) is 11.3 Å². The highest BCUT2D eigenvalue weighted by Gasteiger charge is 2.47. The molecule has 1 atom stereocenters. The Kier molecular flexibility index (Phi) is 3.42. The summed E-state index contributed by atoms with van der Waals surface area (Å²) in [6.07, 6.45) is 1.86. The van der Waals surface area contributed by atoms with Crippen molar-refractivity contribution >= 4 is 6.41 Å². The molecule has 1 spiro atoms. The van der Waals surface area contributed by atoms with Crippen LogP contribution < -0.4 is 0 Å². The number of nitrogens with zero attached hydrogens (tertiary/aromatic N) is 2. The molecule has 0 aromatic carbocycles. The molecule has 1 aliphatic carbocycles. The third kappa shape index (κ3) is 2.89. The van der Waals surface area contributed by atoms with Crippen LogP contribution in [-0.2, 0) is 17.4 Å². The maximum absolute atomic E-state index is 12.5. The molecule has 1 saturated heterocycles. The topological polar surface area (TPSA) is 33.2 Å². The van der Waals surface area contributed by atoms with Crippen molar-refractivity contribution < 1.29 is 18.0 Å². The van der Waals surface area contributed by atoms with Crippen LogP contribution in [0.15, 0.2) is 18.3 Å². The largest absolute Gasteiger partial charge is 0.433 e. The van der Waals surface area contributed by atoms with Crippen molar-refractivity contribution in [2.75, 3.05) is 13.1 Å². The highest BCUT2D eigenvalue weighted by molar-refractivity contribution is 5.49. The van der Waals surface area contributed by atoms with Crippen LogP contribution in [0.3, 0.4) is 0 Å². The molecule has 2 heterocycles. The number of aromatic nitrogens is 1. The van der Waals surface area contributed by atoms with Gasteiger partial charge in [0.1, 0.15) is 5.69 Å². The third-order valence-electron chi connectivity index (χ3n) is 4.67. The monoisotopic (exact) mass is 298 g/mol. The second kappa shape index (κ2) is 5.00. The molecular formula is C15H17F3N2O. The fourth-order valence-corrected chi connectivity index (χ4v) is 3.72. The number of hydrogen-bond donors (Lipinski definition) is 0. The highest BCUT2D eigenvalue weighted by atomic mass is 19.4. The van der Waals surface area contributed by atoms with E-state index >= 15 is 0 Å². The first kappa shape index (κ1) is 14.4. The fraction of sp³-hybridized carbons (Fsp3) is 0.600. The summed E-state index contributed by atoms with van der Waals surface area (Å²) in [4.78, 5) is 15.9. The molecule has 0 radical (unpaired) electrons. The van der Waals surface area contributed by atoms with Gasteiger partial charge in [-0.15, -0.1) is 0 Å². The van der Waals surface area contributed by atoms with E-state index in [0.29, 0.717) is 5.92 Å². The van der Waals surface area contributed by atoms with Gasteiger partial charge >= 0.3 is 6.18 Å².